The number of piperazine rings is 1. The Morgan fingerprint density at radius 1 is 1.18 bits per heavy atom. The van der Waals surface area contributed by atoms with Gasteiger partial charge in [-0.15, -0.1) is 0 Å². The Hall–Kier alpha value is -3.94. The van der Waals surface area contributed by atoms with Crippen LogP contribution in [0.25, 0.3) is 10.8 Å². The number of hydrogen-bond acceptors (Lipinski definition) is 9. The van der Waals surface area contributed by atoms with Crippen molar-refractivity contribution in [1.82, 2.24) is 20.2 Å². The van der Waals surface area contributed by atoms with Gasteiger partial charge < -0.3 is 29.9 Å². The van der Waals surface area contributed by atoms with Gasteiger partial charge in [0.2, 0.25) is 5.91 Å². The molecule has 0 radical (unpaired) electrons. The number of amides is 1. The number of aryl methyl sites for hydroxylation is 1. The average molecular weight is 542 g/mol. The Kier molecular flexibility index (Phi) is 7.41. The molecular weight excluding hydrogens is 506 g/mol. The highest BCUT2D eigenvalue weighted by molar-refractivity contribution is 5.97. The van der Waals surface area contributed by atoms with Crippen molar-refractivity contribution in [3.63, 3.8) is 0 Å². The number of anilines is 2. The first-order chi connectivity index (χ1) is 19.6. The van der Waals surface area contributed by atoms with Crippen molar-refractivity contribution in [3.05, 3.63) is 53.2 Å². The lowest BCUT2D eigenvalue weighted by atomic mass is 9.99. The van der Waals surface area contributed by atoms with Crippen LogP contribution in [0.15, 0.2) is 36.4 Å². The van der Waals surface area contributed by atoms with Crippen molar-refractivity contribution in [3.8, 4) is 12.1 Å². The number of nitrogens with zero attached hydrogens (tertiary/aromatic N) is 6. The molecule has 0 spiro atoms. The average Bonchev–Trinajstić information content (AvgIpc) is 3.82. The molecule has 1 amide bonds. The first kappa shape index (κ1) is 26.3. The zero-order valence-corrected chi connectivity index (χ0v) is 22.8. The fraction of sp³-hybridized carbons (Fsp3) is 0.467. The Labute approximate surface area is 234 Å². The van der Waals surface area contributed by atoms with Crippen LogP contribution < -0.4 is 19.9 Å². The number of aromatic nitrogens is 2. The lowest BCUT2D eigenvalue weighted by molar-refractivity contribution is -0.133. The van der Waals surface area contributed by atoms with E-state index in [1.54, 1.807) is 0 Å². The highest BCUT2D eigenvalue weighted by atomic mass is 16.5. The first-order valence-corrected chi connectivity index (χ1v) is 14.1. The summed E-state index contributed by atoms with van der Waals surface area (Å²) in [5.74, 6) is 0.913. The maximum absolute atomic E-state index is 12.9. The van der Waals surface area contributed by atoms with Crippen LogP contribution in [0.3, 0.4) is 0 Å². The molecule has 0 aliphatic carbocycles. The fourth-order valence-electron chi connectivity index (χ4n) is 5.97. The van der Waals surface area contributed by atoms with Crippen LogP contribution in [0.4, 0.5) is 11.5 Å². The number of hydrogen-bond donors (Lipinski definition) is 2. The molecule has 2 saturated heterocycles. The summed E-state index contributed by atoms with van der Waals surface area (Å²) >= 11 is 0. The highest BCUT2D eigenvalue weighted by Gasteiger charge is 2.39. The van der Waals surface area contributed by atoms with E-state index in [0.29, 0.717) is 51.8 Å². The zero-order chi connectivity index (χ0) is 27.6. The first-order valence-electron chi connectivity index (χ1n) is 14.1. The second-order valence-corrected chi connectivity index (χ2v) is 10.8. The smallest absolute Gasteiger partial charge is 0.318 e. The van der Waals surface area contributed by atoms with Crippen molar-refractivity contribution >= 4 is 28.2 Å². The SMILES string of the molecule is Cc1cccc2cccc(N3CCc4c(nc(OCCCO)nc4N4CCN(C(=O)[C@H]5CN5)[C@@H](CC#N)C4)C3)c12. The predicted octanol–water partition coefficient (Wildman–Crippen LogP) is 2.16. The minimum absolute atomic E-state index is 0.0354. The number of nitriles is 1. The third-order valence-corrected chi connectivity index (χ3v) is 8.09. The van der Waals surface area contributed by atoms with E-state index in [2.05, 4.69) is 64.5 Å². The molecule has 4 heterocycles. The number of ether oxygens (including phenoxy) is 1. The van der Waals surface area contributed by atoms with E-state index in [0.717, 1.165) is 30.0 Å². The topological polar surface area (TPSA) is 128 Å². The number of aliphatic hydroxyl groups excluding tert-OH is 1. The molecule has 3 aliphatic rings. The largest absolute Gasteiger partial charge is 0.463 e. The van der Waals surface area contributed by atoms with E-state index in [9.17, 15) is 15.2 Å². The van der Waals surface area contributed by atoms with Crippen molar-refractivity contribution in [2.75, 3.05) is 55.7 Å². The molecule has 40 heavy (non-hydrogen) atoms. The normalized spacial score (nSPS) is 20.3. The van der Waals surface area contributed by atoms with E-state index in [1.165, 1.54) is 22.0 Å². The van der Waals surface area contributed by atoms with Crippen LogP contribution in [0, 0.1) is 18.3 Å². The van der Waals surface area contributed by atoms with E-state index in [-0.39, 0.29) is 31.0 Å². The second kappa shape index (κ2) is 11.3. The zero-order valence-electron chi connectivity index (χ0n) is 22.8. The molecule has 0 saturated carbocycles. The molecule has 10 nitrogen and oxygen atoms in total. The summed E-state index contributed by atoms with van der Waals surface area (Å²) in [7, 11) is 0. The predicted molar refractivity (Wildman–Crippen MR) is 152 cm³/mol. The Bertz CT molecular complexity index is 1450. The third-order valence-electron chi connectivity index (χ3n) is 8.09. The summed E-state index contributed by atoms with van der Waals surface area (Å²) in [6.45, 7) is 6.39. The standard InChI is InChI=1S/C30H35N7O3/c1-20-5-2-6-21-7-3-8-26(27(20)21)35-12-10-23-25(19-35)33-30(40-16-4-15-38)34-28(23)36-13-14-37(22(18-36)9-11-31)29(39)24-17-32-24/h2-3,5-8,22,24,32,38H,4,9-10,12-19H2,1H3/t22-,24+/m0/s1. The van der Waals surface area contributed by atoms with Gasteiger partial charge in [0, 0.05) is 62.4 Å². The minimum atomic E-state index is -0.197. The Balaban J connectivity index is 1.32. The minimum Gasteiger partial charge on any atom is -0.463 e. The molecule has 2 atom stereocenters. The number of aliphatic hydroxyl groups is 1. The molecule has 6 rings (SSSR count). The molecule has 3 aromatic rings. The molecule has 3 aliphatic heterocycles. The van der Waals surface area contributed by atoms with E-state index < -0.39 is 0 Å². The summed E-state index contributed by atoms with van der Waals surface area (Å²) in [4.78, 5) is 29.0. The molecule has 2 aromatic carbocycles. The second-order valence-electron chi connectivity index (χ2n) is 10.8. The summed E-state index contributed by atoms with van der Waals surface area (Å²) in [6, 6.07) is 15.1. The van der Waals surface area contributed by atoms with Crippen molar-refractivity contribution in [1.29, 1.82) is 5.26 Å². The van der Waals surface area contributed by atoms with Gasteiger partial charge in [-0.05, 0) is 30.4 Å². The van der Waals surface area contributed by atoms with Crippen LogP contribution in [-0.4, -0.2) is 83.9 Å². The van der Waals surface area contributed by atoms with Gasteiger partial charge in [-0.2, -0.15) is 15.2 Å². The Morgan fingerprint density at radius 2 is 2.00 bits per heavy atom. The van der Waals surface area contributed by atoms with Gasteiger partial charge in [0.25, 0.3) is 0 Å². The lowest BCUT2D eigenvalue weighted by Crippen LogP contribution is -2.57. The van der Waals surface area contributed by atoms with Crippen LogP contribution in [-0.2, 0) is 17.8 Å². The van der Waals surface area contributed by atoms with Gasteiger partial charge in [0.15, 0.2) is 0 Å². The number of carbonyl (C=O) groups is 1. The van der Waals surface area contributed by atoms with Crippen LogP contribution in [0.5, 0.6) is 6.01 Å². The molecule has 0 unspecified atom stereocenters. The maximum Gasteiger partial charge on any atom is 0.318 e. The fourth-order valence-corrected chi connectivity index (χ4v) is 5.97. The van der Waals surface area contributed by atoms with Gasteiger partial charge >= 0.3 is 6.01 Å². The highest BCUT2D eigenvalue weighted by Crippen LogP contribution is 2.36. The molecule has 10 heteroatoms. The maximum atomic E-state index is 12.9. The van der Waals surface area contributed by atoms with Crippen molar-refractivity contribution in [2.24, 2.45) is 0 Å². The van der Waals surface area contributed by atoms with E-state index in [4.69, 9.17) is 14.7 Å². The number of fused-ring (bicyclic) bond motifs is 2. The molecule has 1 aromatic heterocycles. The number of rotatable bonds is 8. The van der Waals surface area contributed by atoms with Crippen LogP contribution in [0.1, 0.15) is 29.7 Å². The number of carbonyl (C=O) groups excluding carboxylic acids is 1. The molecule has 0 bridgehead atoms. The quantitative estimate of drug-likeness (QED) is 0.326. The van der Waals surface area contributed by atoms with Gasteiger partial charge in [0.1, 0.15) is 5.82 Å². The van der Waals surface area contributed by atoms with Gasteiger partial charge in [-0.3, -0.25) is 4.79 Å². The van der Waals surface area contributed by atoms with Gasteiger partial charge in [-0.25, -0.2) is 0 Å². The number of nitrogens with one attached hydrogen (secondary N) is 1. The van der Waals surface area contributed by atoms with Gasteiger partial charge in [0.05, 0.1) is 43.4 Å². The summed E-state index contributed by atoms with van der Waals surface area (Å²) in [6.07, 6.45) is 1.55. The molecule has 208 valence electrons. The summed E-state index contributed by atoms with van der Waals surface area (Å²) in [5.41, 5.74) is 4.46. The number of benzene rings is 2. The van der Waals surface area contributed by atoms with Crippen LogP contribution >= 0.6 is 0 Å². The molecular formula is C30H35N7O3. The molecule has 2 N–H and O–H groups in total. The van der Waals surface area contributed by atoms with Gasteiger partial charge in [-0.1, -0.05) is 30.3 Å². The summed E-state index contributed by atoms with van der Waals surface area (Å²) < 4.78 is 5.90. The van der Waals surface area contributed by atoms with E-state index >= 15 is 0 Å². The van der Waals surface area contributed by atoms with Crippen molar-refractivity contribution < 1.29 is 14.6 Å². The van der Waals surface area contributed by atoms with Crippen molar-refractivity contribution in [2.45, 2.75) is 44.8 Å². The lowest BCUT2D eigenvalue weighted by Gasteiger charge is -2.42. The third kappa shape index (κ3) is 5.15. The monoisotopic (exact) mass is 541 g/mol. The Morgan fingerprint density at radius 3 is 2.77 bits per heavy atom. The molecule has 2 fully saturated rings. The summed E-state index contributed by atoms with van der Waals surface area (Å²) in [5, 5.41) is 24.4. The van der Waals surface area contributed by atoms with E-state index in [1.807, 2.05) is 4.90 Å². The van der Waals surface area contributed by atoms with Crippen LogP contribution in [0.2, 0.25) is 0 Å².